The molecule has 4 rings (SSSR count). The van der Waals surface area contributed by atoms with Crippen LogP contribution in [0.2, 0.25) is 0 Å². The molecule has 1 aromatic carbocycles. The molecular formula is C21H22N6O2S. The van der Waals surface area contributed by atoms with Crippen LogP contribution < -0.4 is 10.1 Å². The SMILES string of the molecule is Cc1cc(OCCN(C)C)ccc1/N=C1/NC(=O)/C(=C/c2c[nH]c3ncncc23)S1. The third-order valence-corrected chi connectivity index (χ3v) is 5.43. The number of aryl methyl sites for hydroxylation is 1. The van der Waals surface area contributed by atoms with Crippen molar-refractivity contribution in [3.8, 4) is 5.75 Å². The Morgan fingerprint density at radius 1 is 1.33 bits per heavy atom. The highest BCUT2D eigenvalue weighted by molar-refractivity contribution is 8.18. The Hall–Kier alpha value is -3.17. The third-order valence-electron chi connectivity index (χ3n) is 4.52. The van der Waals surface area contributed by atoms with Crippen LogP contribution in [0.25, 0.3) is 17.1 Å². The molecule has 1 saturated heterocycles. The van der Waals surface area contributed by atoms with Crippen molar-refractivity contribution in [1.29, 1.82) is 0 Å². The number of nitrogens with one attached hydrogen (secondary N) is 2. The Morgan fingerprint density at radius 2 is 2.20 bits per heavy atom. The number of aromatic nitrogens is 3. The Labute approximate surface area is 178 Å². The Bertz CT molecular complexity index is 1150. The maximum Gasteiger partial charge on any atom is 0.264 e. The normalized spacial score (nSPS) is 16.7. The molecule has 9 heteroatoms. The molecule has 1 amide bonds. The van der Waals surface area contributed by atoms with Crippen LogP contribution in [0.3, 0.4) is 0 Å². The van der Waals surface area contributed by atoms with Crippen LogP contribution in [0.4, 0.5) is 5.69 Å². The smallest absolute Gasteiger partial charge is 0.264 e. The van der Waals surface area contributed by atoms with Crippen LogP contribution in [-0.2, 0) is 4.79 Å². The first-order chi connectivity index (χ1) is 14.5. The van der Waals surface area contributed by atoms with Crippen LogP contribution in [0.5, 0.6) is 5.75 Å². The largest absolute Gasteiger partial charge is 0.492 e. The molecule has 0 saturated carbocycles. The second-order valence-corrected chi connectivity index (χ2v) is 8.14. The first-order valence-corrected chi connectivity index (χ1v) is 10.3. The second-order valence-electron chi connectivity index (χ2n) is 7.11. The van der Waals surface area contributed by atoms with Gasteiger partial charge in [0.2, 0.25) is 0 Å². The predicted octanol–water partition coefficient (Wildman–Crippen LogP) is 3.10. The summed E-state index contributed by atoms with van der Waals surface area (Å²) in [4.78, 5) is 31.0. The Morgan fingerprint density at radius 3 is 3.00 bits per heavy atom. The van der Waals surface area contributed by atoms with Crippen molar-refractivity contribution in [2.24, 2.45) is 4.99 Å². The summed E-state index contributed by atoms with van der Waals surface area (Å²) in [5, 5.41) is 4.24. The highest BCUT2D eigenvalue weighted by Crippen LogP contribution is 2.31. The van der Waals surface area contributed by atoms with E-state index in [9.17, 15) is 4.79 Å². The van der Waals surface area contributed by atoms with Gasteiger partial charge in [0.1, 0.15) is 24.3 Å². The molecule has 1 aliphatic rings. The molecule has 1 aliphatic heterocycles. The zero-order valence-electron chi connectivity index (χ0n) is 17.0. The van der Waals surface area contributed by atoms with Gasteiger partial charge in [-0.15, -0.1) is 0 Å². The first-order valence-electron chi connectivity index (χ1n) is 9.44. The van der Waals surface area contributed by atoms with E-state index in [1.54, 1.807) is 6.20 Å². The van der Waals surface area contributed by atoms with Crippen molar-refractivity contribution < 1.29 is 9.53 Å². The van der Waals surface area contributed by atoms with Gasteiger partial charge in [-0.1, -0.05) is 0 Å². The fraction of sp³-hybridized carbons (Fsp3) is 0.238. The molecule has 8 nitrogen and oxygen atoms in total. The highest BCUT2D eigenvalue weighted by Gasteiger charge is 2.24. The zero-order chi connectivity index (χ0) is 21.1. The molecule has 0 bridgehead atoms. The number of carbonyl (C=O) groups excluding carboxylic acids is 1. The number of amidine groups is 1. The molecular weight excluding hydrogens is 400 g/mol. The number of likely N-dealkylation sites (N-methyl/N-ethyl adjacent to an activating group) is 1. The van der Waals surface area contributed by atoms with Crippen LogP contribution in [0, 0.1) is 6.92 Å². The molecule has 0 atom stereocenters. The van der Waals surface area contributed by atoms with Gasteiger partial charge in [0.25, 0.3) is 5.91 Å². The van der Waals surface area contributed by atoms with E-state index in [0.717, 1.165) is 40.1 Å². The lowest BCUT2D eigenvalue weighted by Gasteiger charge is -2.12. The summed E-state index contributed by atoms with van der Waals surface area (Å²) < 4.78 is 5.76. The van der Waals surface area contributed by atoms with Gasteiger partial charge in [0, 0.05) is 29.9 Å². The minimum atomic E-state index is -0.175. The monoisotopic (exact) mass is 422 g/mol. The highest BCUT2D eigenvalue weighted by atomic mass is 32.2. The maximum atomic E-state index is 12.4. The molecule has 2 aromatic heterocycles. The number of benzene rings is 1. The summed E-state index contributed by atoms with van der Waals surface area (Å²) in [6.07, 6.45) is 6.84. The standard InChI is InChI=1S/C21H22N6O2S/c1-13-8-15(29-7-6-27(2)3)4-5-17(13)25-21-26-20(28)18(30-21)9-14-10-23-19-16(14)11-22-12-24-19/h4-5,8-12H,6-7H2,1-3H3,(H,22,23,24)(H,25,26,28)/b18-9-. The average molecular weight is 423 g/mol. The lowest BCUT2D eigenvalue weighted by Crippen LogP contribution is -2.19. The van der Waals surface area contributed by atoms with Crippen LogP contribution in [0.15, 0.2) is 46.8 Å². The van der Waals surface area contributed by atoms with Crippen molar-refractivity contribution in [3.63, 3.8) is 0 Å². The number of hydrogen-bond donors (Lipinski definition) is 2. The van der Waals surface area contributed by atoms with Gasteiger partial charge < -0.3 is 19.9 Å². The van der Waals surface area contributed by atoms with Crippen LogP contribution in [-0.4, -0.2) is 58.2 Å². The maximum absolute atomic E-state index is 12.4. The van der Waals surface area contributed by atoms with Crippen molar-refractivity contribution in [2.45, 2.75) is 6.92 Å². The number of amides is 1. The number of aromatic amines is 1. The molecule has 0 spiro atoms. The second kappa shape index (κ2) is 8.68. The number of fused-ring (bicyclic) bond motifs is 1. The molecule has 30 heavy (non-hydrogen) atoms. The third kappa shape index (κ3) is 4.52. The van der Waals surface area contributed by atoms with Gasteiger partial charge in [-0.05, 0) is 62.6 Å². The van der Waals surface area contributed by atoms with Gasteiger partial charge in [0.15, 0.2) is 5.17 Å². The average Bonchev–Trinajstić information content (AvgIpc) is 3.27. The molecule has 0 aliphatic carbocycles. The number of nitrogens with zero attached hydrogens (tertiary/aromatic N) is 4. The van der Waals surface area contributed by atoms with E-state index in [2.05, 4.69) is 30.2 Å². The molecule has 3 aromatic rings. The summed E-state index contributed by atoms with van der Waals surface area (Å²) in [5.74, 6) is 0.634. The number of thioether (sulfide) groups is 1. The summed E-state index contributed by atoms with van der Waals surface area (Å²) in [6, 6.07) is 5.75. The number of aliphatic imine (C=N–C) groups is 1. The summed E-state index contributed by atoms with van der Waals surface area (Å²) in [7, 11) is 4.02. The molecule has 0 radical (unpaired) electrons. The van der Waals surface area contributed by atoms with Gasteiger partial charge in [-0.2, -0.15) is 0 Å². The predicted molar refractivity (Wildman–Crippen MR) is 120 cm³/mol. The van der Waals surface area contributed by atoms with Gasteiger partial charge in [-0.3, -0.25) is 4.79 Å². The lowest BCUT2D eigenvalue weighted by atomic mass is 10.2. The molecule has 3 heterocycles. The summed E-state index contributed by atoms with van der Waals surface area (Å²) in [5.41, 5.74) is 3.36. The van der Waals surface area contributed by atoms with E-state index < -0.39 is 0 Å². The molecule has 1 fully saturated rings. The minimum Gasteiger partial charge on any atom is -0.492 e. The topological polar surface area (TPSA) is 95.5 Å². The number of ether oxygens (including phenoxy) is 1. The first kappa shape index (κ1) is 20.1. The van der Waals surface area contributed by atoms with Crippen molar-refractivity contribution in [2.75, 3.05) is 27.2 Å². The van der Waals surface area contributed by atoms with Crippen LogP contribution >= 0.6 is 11.8 Å². The number of carbonyl (C=O) groups is 1. The lowest BCUT2D eigenvalue weighted by molar-refractivity contribution is -0.115. The number of rotatable bonds is 6. The van der Waals surface area contributed by atoms with E-state index in [1.165, 1.54) is 18.1 Å². The van der Waals surface area contributed by atoms with E-state index in [1.807, 2.05) is 51.5 Å². The van der Waals surface area contributed by atoms with Crippen molar-refractivity contribution >= 4 is 45.6 Å². The van der Waals surface area contributed by atoms with E-state index in [4.69, 9.17) is 4.74 Å². The van der Waals surface area contributed by atoms with Gasteiger partial charge in [-0.25, -0.2) is 15.0 Å². The van der Waals surface area contributed by atoms with Crippen LogP contribution in [0.1, 0.15) is 11.1 Å². The van der Waals surface area contributed by atoms with E-state index in [-0.39, 0.29) is 5.91 Å². The Balaban J connectivity index is 1.49. The van der Waals surface area contributed by atoms with Gasteiger partial charge >= 0.3 is 0 Å². The fourth-order valence-corrected chi connectivity index (χ4v) is 3.75. The zero-order valence-corrected chi connectivity index (χ0v) is 17.8. The molecule has 154 valence electrons. The Kier molecular flexibility index (Phi) is 5.82. The van der Waals surface area contributed by atoms with Gasteiger partial charge in [0.05, 0.1) is 10.6 Å². The van der Waals surface area contributed by atoms with Crippen molar-refractivity contribution in [3.05, 3.63) is 53.0 Å². The quantitative estimate of drug-likeness (QED) is 0.593. The van der Waals surface area contributed by atoms with E-state index >= 15 is 0 Å². The molecule has 2 N–H and O–H groups in total. The number of H-pyrrole nitrogens is 1. The summed E-state index contributed by atoms with van der Waals surface area (Å²) >= 11 is 1.31. The summed E-state index contributed by atoms with van der Waals surface area (Å²) in [6.45, 7) is 3.45. The van der Waals surface area contributed by atoms with Crippen molar-refractivity contribution in [1.82, 2.24) is 25.2 Å². The fourth-order valence-electron chi connectivity index (χ4n) is 2.92. The number of hydrogen-bond acceptors (Lipinski definition) is 7. The minimum absolute atomic E-state index is 0.175. The molecule has 0 unspecified atom stereocenters. The van der Waals surface area contributed by atoms with E-state index in [0.29, 0.717) is 16.7 Å².